The molecule has 0 bridgehead atoms. The molecule has 0 fully saturated rings. The minimum absolute atomic E-state index is 0.177. The first-order chi connectivity index (χ1) is 52.6. The quantitative estimate of drug-likeness (QED) is 0.0211. The molecule has 2 atom stereocenters. The zero-order valence-corrected chi connectivity index (χ0v) is 71.8. The highest BCUT2D eigenvalue weighted by atomic mass is 16.7. The van der Waals surface area contributed by atoms with E-state index in [0.717, 1.165) is 77.0 Å². The molecule has 0 aliphatic rings. The smallest absolute Gasteiger partial charge is 0.361 e. The molecule has 9 heteroatoms. The van der Waals surface area contributed by atoms with Gasteiger partial charge in [-0.3, -0.25) is 9.59 Å². The number of quaternary nitrogens is 1. The van der Waals surface area contributed by atoms with Crippen molar-refractivity contribution < 1.29 is 42.9 Å². The van der Waals surface area contributed by atoms with Gasteiger partial charge in [-0.1, -0.05) is 446 Å². The molecule has 624 valence electrons. The number of unbranched alkanes of at least 4 members (excludes halogenated alkanes) is 59. The van der Waals surface area contributed by atoms with Crippen molar-refractivity contribution in [3.8, 4) is 0 Å². The van der Waals surface area contributed by atoms with Crippen molar-refractivity contribution in [2.75, 3.05) is 47.5 Å². The van der Waals surface area contributed by atoms with Gasteiger partial charge < -0.3 is 28.5 Å². The molecule has 107 heavy (non-hydrogen) atoms. The van der Waals surface area contributed by atoms with Crippen molar-refractivity contribution >= 4 is 17.9 Å². The van der Waals surface area contributed by atoms with Crippen LogP contribution in [0.4, 0.5) is 0 Å². The molecular weight excluding hydrogens is 1320 g/mol. The van der Waals surface area contributed by atoms with Crippen LogP contribution in [0.15, 0.2) is 85.1 Å². The van der Waals surface area contributed by atoms with Gasteiger partial charge in [0.25, 0.3) is 6.29 Å². The van der Waals surface area contributed by atoms with E-state index in [2.05, 4.69) is 98.9 Å². The van der Waals surface area contributed by atoms with Crippen LogP contribution in [0.1, 0.15) is 463 Å². The van der Waals surface area contributed by atoms with Gasteiger partial charge in [0.05, 0.1) is 34.4 Å². The van der Waals surface area contributed by atoms with Gasteiger partial charge in [0.2, 0.25) is 0 Å². The van der Waals surface area contributed by atoms with Crippen LogP contribution in [0.3, 0.4) is 0 Å². The minimum atomic E-state index is -1.51. The molecule has 0 spiro atoms. The number of aliphatic carboxylic acids is 1. The number of likely N-dealkylation sites (N-methyl/N-ethyl adjacent to an activating group) is 1. The van der Waals surface area contributed by atoms with Crippen molar-refractivity contribution in [3.63, 3.8) is 0 Å². The Balaban J connectivity index is 3.89. The lowest BCUT2D eigenvalue weighted by Crippen LogP contribution is -2.40. The minimum Gasteiger partial charge on any atom is -0.477 e. The molecule has 0 rings (SSSR count). The van der Waals surface area contributed by atoms with Crippen LogP contribution in [0.25, 0.3) is 0 Å². The Morgan fingerprint density at radius 3 is 0.804 bits per heavy atom. The van der Waals surface area contributed by atoms with Gasteiger partial charge in [0.1, 0.15) is 13.2 Å². The van der Waals surface area contributed by atoms with Gasteiger partial charge in [0, 0.05) is 12.8 Å². The Hall–Kier alpha value is -3.53. The third-order valence-electron chi connectivity index (χ3n) is 21.1. The Labute approximate surface area is 665 Å². The largest absolute Gasteiger partial charge is 0.477 e. The Kier molecular flexibility index (Phi) is 85.1. The van der Waals surface area contributed by atoms with Gasteiger partial charge in [-0.25, -0.2) is 4.79 Å². The van der Waals surface area contributed by atoms with E-state index in [0.29, 0.717) is 17.4 Å². The predicted molar refractivity (Wildman–Crippen MR) is 466 cm³/mol. The fourth-order valence-corrected chi connectivity index (χ4v) is 14.1. The number of carboxylic acid groups (broad SMARTS) is 1. The van der Waals surface area contributed by atoms with E-state index in [4.69, 9.17) is 18.9 Å². The molecule has 0 aromatic heterocycles. The second-order valence-electron chi connectivity index (χ2n) is 32.9. The van der Waals surface area contributed by atoms with Crippen LogP contribution in [0.2, 0.25) is 0 Å². The highest BCUT2D eigenvalue weighted by Gasteiger charge is 2.25. The highest BCUT2D eigenvalue weighted by molar-refractivity contribution is 5.71. The second kappa shape index (κ2) is 88.0. The summed E-state index contributed by atoms with van der Waals surface area (Å²) >= 11 is 0. The van der Waals surface area contributed by atoms with Crippen LogP contribution in [-0.4, -0.2) is 87.4 Å². The van der Waals surface area contributed by atoms with E-state index >= 15 is 0 Å². The second-order valence-corrected chi connectivity index (χ2v) is 32.9. The molecule has 1 N–H and O–H groups in total. The lowest BCUT2D eigenvalue weighted by molar-refractivity contribution is -0.870. The SMILES string of the molecule is CC/C=C\C/C=C\C/C=C\C/C=C\C/C=C\C/C=C\CCCCCCCCCCCCCCCCCCCCCCCCC(=O)OC(COC(=O)CCCCCCCCCCCCCCCCCCCCCCCCCCCCCCC/C=C\CCCCCCCCCC)COC(OCC[N+](C)(C)C)C(=O)O. The number of esters is 2. The van der Waals surface area contributed by atoms with Gasteiger partial charge in [-0.05, 0) is 89.9 Å². The van der Waals surface area contributed by atoms with E-state index in [1.54, 1.807) is 0 Å². The summed E-state index contributed by atoms with van der Waals surface area (Å²) in [5, 5.41) is 9.80. The van der Waals surface area contributed by atoms with Crippen LogP contribution >= 0.6 is 0 Å². The zero-order valence-electron chi connectivity index (χ0n) is 71.8. The normalized spacial score (nSPS) is 12.9. The number of carbonyl (C=O) groups excluding carboxylic acids is 2. The van der Waals surface area contributed by atoms with E-state index in [1.165, 1.54) is 360 Å². The Morgan fingerprint density at radius 1 is 0.290 bits per heavy atom. The molecule has 2 unspecified atom stereocenters. The first kappa shape index (κ1) is 103. The summed E-state index contributed by atoms with van der Waals surface area (Å²) in [6.07, 6.45) is 120. The average molecular weight is 1500 g/mol. The third kappa shape index (κ3) is 89.6. The zero-order chi connectivity index (χ0) is 77.4. The maximum Gasteiger partial charge on any atom is 0.361 e. The number of carbonyl (C=O) groups is 3. The Morgan fingerprint density at radius 2 is 0.533 bits per heavy atom. The highest BCUT2D eigenvalue weighted by Crippen LogP contribution is 2.21. The first-order valence-electron chi connectivity index (χ1n) is 46.8. The molecule has 0 heterocycles. The van der Waals surface area contributed by atoms with Crippen molar-refractivity contribution in [1.29, 1.82) is 0 Å². The molecule has 0 aliphatic carbocycles. The molecule has 0 aromatic carbocycles. The van der Waals surface area contributed by atoms with Crippen molar-refractivity contribution in [2.45, 2.75) is 476 Å². The van der Waals surface area contributed by atoms with Crippen molar-refractivity contribution in [3.05, 3.63) is 85.1 Å². The fourth-order valence-electron chi connectivity index (χ4n) is 14.1. The maximum atomic E-state index is 13.0. The molecule has 0 saturated heterocycles. The van der Waals surface area contributed by atoms with Crippen LogP contribution < -0.4 is 0 Å². The number of nitrogens with zero attached hydrogens (tertiary/aromatic N) is 1. The fraction of sp³-hybridized carbons (Fsp3) is 0.827. The molecule has 9 nitrogen and oxygen atoms in total. The predicted octanol–water partition coefficient (Wildman–Crippen LogP) is 30.8. The van der Waals surface area contributed by atoms with Crippen molar-refractivity contribution in [2.24, 2.45) is 0 Å². The summed E-state index contributed by atoms with van der Waals surface area (Å²) in [6, 6.07) is 0. The topological polar surface area (TPSA) is 108 Å². The summed E-state index contributed by atoms with van der Waals surface area (Å²) in [5.74, 6) is -1.97. The number of rotatable bonds is 88. The molecular formula is C98H180NO8+. The first-order valence-corrected chi connectivity index (χ1v) is 46.8. The van der Waals surface area contributed by atoms with Gasteiger partial charge in [0.15, 0.2) is 6.10 Å². The summed E-state index contributed by atoms with van der Waals surface area (Å²) in [7, 11) is 6.00. The van der Waals surface area contributed by atoms with Crippen LogP contribution in [-0.2, 0) is 33.3 Å². The Bertz CT molecular complexity index is 2050. The standard InChI is InChI=1S/C98H179NO8/c1-6-8-10-12-14-16-18-20-22-24-26-28-30-32-34-36-38-40-42-44-46-48-50-52-54-56-58-60-62-64-66-68-70-72-74-76-78-80-82-84-86-88-95(100)105-92-94(93-106-98(97(102)103)104-91-90-99(3,4)5)107-96(101)89-87-85-83-81-79-77-75-73-71-69-67-65-63-61-59-57-55-53-51-49-47-45-43-41-39-37-35-33-31-29-27-25-23-21-19-17-15-13-11-9-7-2/h9,11,15,17,21,23-24,26-27,29,33,35,39,41,94,98H,6-8,10,12-14,16,18-20,22,25,28,30-32,34,36-38,40,42-93H2,1-5H3/p+1/b11-9-,17-15-,23-21-,26-24-,29-27-,35-33-,41-39-. The molecule has 0 amide bonds. The number of hydrogen-bond donors (Lipinski definition) is 1. The number of ether oxygens (including phenoxy) is 4. The molecule has 0 radical (unpaired) electrons. The molecule has 0 saturated carbocycles. The van der Waals surface area contributed by atoms with Crippen LogP contribution in [0, 0.1) is 0 Å². The maximum absolute atomic E-state index is 13.0. The van der Waals surface area contributed by atoms with E-state index in [9.17, 15) is 19.5 Å². The van der Waals surface area contributed by atoms with Gasteiger partial charge >= 0.3 is 17.9 Å². The summed E-state index contributed by atoms with van der Waals surface area (Å²) in [4.78, 5) is 37.9. The van der Waals surface area contributed by atoms with Gasteiger partial charge in [-0.2, -0.15) is 0 Å². The lowest BCUT2D eigenvalue weighted by Gasteiger charge is -2.25. The lowest BCUT2D eigenvalue weighted by atomic mass is 10.0. The number of carboxylic acids is 1. The van der Waals surface area contributed by atoms with E-state index in [1.807, 2.05) is 21.1 Å². The van der Waals surface area contributed by atoms with Crippen molar-refractivity contribution in [1.82, 2.24) is 0 Å². The number of allylic oxidation sites excluding steroid dienone is 14. The van der Waals surface area contributed by atoms with Crippen LogP contribution in [0.5, 0.6) is 0 Å². The number of hydrogen-bond acceptors (Lipinski definition) is 7. The summed E-state index contributed by atoms with van der Waals surface area (Å²) in [5.41, 5.74) is 0. The van der Waals surface area contributed by atoms with E-state index in [-0.39, 0.29) is 38.2 Å². The average Bonchev–Trinajstić information content (AvgIpc) is 0.965. The van der Waals surface area contributed by atoms with Gasteiger partial charge in [-0.15, -0.1) is 0 Å². The summed E-state index contributed by atoms with van der Waals surface area (Å²) in [6.45, 7) is 4.84. The van der Waals surface area contributed by atoms with E-state index < -0.39 is 18.4 Å². The summed E-state index contributed by atoms with van der Waals surface area (Å²) < 4.78 is 23.1. The molecule has 0 aliphatic heterocycles. The monoisotopic (exact) mass is 1500 g/mol. The third-order valence-corrected chi connectivity index (χ3v) is 21.1. The molecule has 0 aromatic rings.